The fraction of sp³-hybridized carbons (Fsp3) is 1.00. The predicted molar refractivity (Wildman–Crippen MR) is 54.5 cm³/mol. The highest BCUT2D eigenvalue weighted by Gasteiger charge is 1.91. The summed E-state index contributed by atoms with van der Waals surface area (Å²) in [6, 6.07) is 0. The van der Waals surface area contributed by atoms with Gasteiger partial charge in [0.15, 0.2) is 0 Å². The third kappa shape index (κ3) is 13.3. The maximum absolute atomic E-state index is 3.42. The topological polar surface area (TPSA) is 12.0 Å². The molecule has 0 aliphatic rings. The largest absolute Gasteiger partial charge is 0.317 e. The van der Waals surface area contributed by atoms with E-state index >= 15 is 0 Å². The van der Waals surface area contributed by atoms with Crippen molar-refractivity contribution in [3.63, 3.8) is 0 Å². The number of nitrogens with one attached hydrogen (secondary N) is 1. The molecule has 1 N–H and O–H groups in total. The van der Waals surface area contributed by atoms with Crippen molar-refractivity contribution in [1.29, 1.82) is 0 Å². The van der Waals surface area contributed by atoms with Gasteiger partial charge in [0.25, 0.3) is 0 Å². The van der Waals surface area contributed by atoms with Crippen LogP contribution in [0.1, 0.15) is 40.0 Å². The first-order valence-electron chi connectivity index (χ1n) is 4.48. The van der Waals surface area contributed by atoms with Crippen LogP contribution in [0.15, 0.2) is 0 Å². The molecule has 0 aliphatic heterocycles. The molecule has 0 radical (unpaired) electrons. The van der Waals surface area contributed by atoms with Gasteiger partial charge in [0.05, 0.1) is 0 Å². The van der Waals surface area contributed by atoms with Crippen molar-refractivity contribution >= 4 is 12.4 Å². The van der Waals surface area contributed by atoms with Crippen LogP contribution in [0.5, 0.6) is 0 Å². The van der Waals surface area contributed by atoms with Crippen molar-refractivity contribution in [1.82, 2.24) is 5.32 Å². The van der Waals surface area contributed by atoms with E-state index < -0.39 is 0 Å². The molecule has 2 heteroatoms. The summed E-state index contributed by atoms with van der Waals surface area (Å²) in [7, 11) is 0. The van der Waals surface area contributed by atoms with E-state index in [4.69, 9.17) is 0 Å². The minimum absolute atomic E-state index is 0. The monoisotopic (exact) mass is 179 g/mol. The highest BCUT2D eigenvalue weighted by molar-refractivity contribution is 5.85. The van der Waals surface area contributed by atoms with Crippen molar-refractivity contribution in [3.8, 4) is 0 Å². The standard InChI is InChI=1S/C9H21N.ClH/c1-4-5-7-10-8-6-9(2)3;/h9-10H,4-8H2,1-3H3;1H. The van der Waals surface area contributed by atoms with Crippen LogP contribution in [0, 0.1) is 5.92 Å². The maximum Gasteiger partial charge on any atom is -0.00465 e. The normalized spacial score (nSPS) is 9.82. The number of halogens is 1. The smallest absolute Gasteiger partial charge is 0.00465 e. The van der Waals surface area contributed by atoms with E-state index in [0.29, 0.717) is 0 Å². The Labute approximate surface area is 77.4 Å². The van der Waals surface area contributed by atoms with Crippen LogP contribution in [0.3, 0.4) is 0 Å². The van der Waals surface area contributed by atoms with Gasteiger partial charge in [-0.1, -0.05) is 27.2 Å². The molecule has 0 heterocycles. The second kappa shape index (κ2) is 10.2. The SMILES string of the molecule is CCCCNCCC(C)C.Cl. The first kappa shape index (κ1) is 13.8. The van der Waals surface area contributed by atoms with Crippen LogP contribution in [-0.2, 0) is 0 Å². The van der Waals surface area contributed by atoms with Gasteiger partial charge in [0.2, 0.25) is 0 Å². The molecule has 0 saturated carbocycles. The summed E-state index contributed by atoms with van der Waals surface area (Å²) < 4.78 is 0. The van der Waals surface area contributed by atoms with E-state index in [9.17, 15) is 0 Å². The molecule has 70 valence electrons. The summed E-state index contributed by atoms with van der Waals surface area (Å²) in [6.45, 7) is 9.15. The molecule has 0 atom stereocenters. The van der Waals surface area contributed by atoms with Crippen LogP contribution in [-0.4, -0.2) is 13.1 Å². The minimum atomic E-state index is 0. The Balaban J connectivity index is 0. The lowest BCUT2D eigenvalue weighted by Crippen LogP contribution is -2.17. The van der Waals surface area contributed by atoms with Gasteiger partial charge >= 0.3 is 0 Å². The summed E-state index contributed by atoms with van der Waals surface area (Å²) in [5.41, 5.74) is 0. The molecule has 0 unspecified atom stereocenters. The Hall–Kier alpha value is 0.250. The van der Waals surface area contributed by atoms with Crippen LogP contribution in [0.25, 0.3) is 0 Å². The zero-order valence-corrected chi connectivity index (χ0v) is 8.84. The fourth-order valence-electron chi connectivity index (χ4n) is 0.818. The molecule has 0 rings (SSSR count). The first-order valence-corrected chi connectivity index (χ1v) is 4.48. The lowest BCUT2D eigenvalue weighted by molar-refractivity contribution is 0.530. The lowest BCUT2D eigenvalue weighted by atomic mass is 10.1. The molecule has 11 heavy (non-hydrogen) atoms. The molecule has 0 aromatic carbocycles. The summed E-state index contributed by atoms with van der Waals surface area (Å²) >= 11 is 0. The molecular formula is C9H22ClN. The average Bonchev–Trinajstić information content (AvgIpc) is 1.87. The van der Waals surface area contributed by atoms with E-state index in [-0.39, 0.29) is 12.4 Å². The van der Waals surface area contributed by atoms with E-state index in [1.54, 1.807) is 0 Å². The first-order chi connectivity index (χ1) is 4.77. The van der Waals surface area contributed by atoms with Gasteiger partial charge in [-0.25, -0.2) is 0 Å². The molecular weight excluding hydrogens is 158 g/mol. The maximum atomic E-state index is 3.42. The van der Waals surface area contributed by atoms with E-state index in [1.165, 1.54) is 32.4 Å². The molecule has 0 fully saturated rings. The van der Waals surface area contributed by atoms with Gasteiger partial charge in [-0.3, -0.25) is 0 Å². The van der Waals surface area contributed by atoms with Gasteiger partial charge in [0, 0.05) is 0 Å². The molecule has 0 aliphatic carbocycles. The quantitative estimate of drug-likeness (QED) is 0.619. The third-order valence-electron chi connectivity index (χ3n) is 1.61. The molecule has 0 aromatic rings. The zero-order valence-electron chi connectivity index (χ0n) is 8.02. The average molecular weight is 180 g/mol. The zero-order chi connectivity index (χ0) is 7.82. The third-order valence-corrected chi connectivity index (χ3v) is 1.61. The van der Waals surface area contributed by atoms with Crippen LogP contribution >= 0.6 is 12.4 Å². The van der Waals surface area contributed by atoms with Crippen LogP contribution in [0.4, 0.5) is 0 Å². The van der Waals surface area contributed by atoms with Crippen LogP contribution in [0.2, 0.25) is 0 Å². The Bertz CT molecular complexity index is 64.6. The molecule has 0 amide bonds. The molecule has 0 aromatic heterocycles. The van der Waals surface area contributed by atoms with Crippen molar-refractivity contribution < 1.29 is 0 Å². The predicted octanol–water partition coefficient (Wildman–Crippen LogP) is 2.84. The Kier molecular flexibility index (Phi) is 12.9. The van der Waals surface area contributed by atoms with Gasteiger partial charge in [0.1, 0.15) is 0 Å². The van der Waals surface area contributed by atoms with Crippen molar-refractivity contribution in [2.24, 2.45) is 5.92 Å². The highest BCUT2D eigenvalue weighted by atomic mass is 35.5. The fourth-order valence-corrected chi connectivity index (χ4v) is 0.818. The summed E-state index contributed by atoms with van der Waals surface area (Å²) in [5.74, 6) is 0.842. The highest BCUT2D eigenvalue weighted by Crippen LogP contribution is 1.96. The van der Waals surface area contributed by atoms with E-state index in [0.717, 1.165) is 5.92 Å². The van der Waals surface area contributed by atoms with Crippen molar-refractivity contribution in [2.75, 3.05) is 13.1 Å². The summed E-state index contributed by atoms with van der Waals surface area (Å²) in [5, 5.41) is 3.42. The van der Waals surface area contributed by atoms with Crippen molar-refractivity contribution in [2.45, 2.75) is 40.0 Å². The second-order valence-electron chi connectivity index (χ2n) is 3.29. The Morgan fingerprint density at radius 3 is 2.27 bits per heavy atom. The molecule has 0 bridgehead atoms. The van der Waals surface area contributed by atoms with Crippen LogP contribution < -0.4 is 5.32 Å². The number of hydrogen-bond donors (Lipinski definition) is 1. The molecule has 0 saturated heterocycles. The minimum Gasteiger partial charge on any atom is -0.317 e. The van der Waals surface area contributed by atoms with E-state index in [1.807, 2.05) is 0 Å². The van der Waals surface area contributed by atoms with E-state index in [2.05, 4.69) is 26.1 Å². The molecule has 1 nitrogen and oxygen atoms in total. The van der Waals surface area contributed by atoms with Gasteiger partial charge < -0.3 is 5.32 Å². The van der Waals surface area contributed by atoms with Gasteiger partial charge in [-0.15, -0.1) is 12.4 Å². The Morgan fingerprint density at radius 2 is 1.82 bits per heavy atom. The summed E-state index contributed by atoms with van der Waals surface area (Å²) in [6.07, 6.45) is 3.93. The number of hydrogen-bond acceptors (Lipinski definition) is 1. The summed E-state index contributed by atoms with van der Waals surface area (Å²) in [4.78, 5) is 0. The lowest BCUT2D eigenvalue weighted by Gasteiger charge is -2.05. The number of unbranched alkanes of at least 4 members (excludes halogenated alkanes) is 1. The second-order valence-corrected chi connectivity index (χ2v) is 3.29. The van der Waals surface area contributed by atoms with Gasteiger partial charge in [-0.2, -0.15) is 0 Å². The van der Waals surface area contributed by atoms with Gasteiger partial charge in [-0.05, 0) is 31.8 Å². The molecule has 0 spiro atoms. The Morgan fingerprint density at radius 1 is 1.18 bits per heavy atom. The number of rotatable bonds is 6. The van der Waals surface area contributed by atoms with Crippen molar-refractivity contribution in [3.05, 3.63) is 0 Å².